The van der Waals surface area contributed by atoms with Crippen LogP contribution < -0.4 is 11.1 Å². The van der Waals surface area contributed by atoms with E-state index in [2.05, 4.69) is 5.32 Å². The number of amides is 2. The maximum absolute atomic E-state index is 11.4. The third kappa shape index (κ3) is 7.89. The minimum atomic E-state index is -3.12. The highest BCUT2D eigenvalue weighted by Crippen LogP contribution is 2.11. The SMILES string of the molecule is NC(=O)Nc1cccc(CCOCCS(=O)(=O)CCCl)c1. The molecule has 0 heterocycles. The maximum atomic E-state index is 11.4. The fraction of sp³-hybridized carbons (Fsp3) is 0.462. The second-order valence-electron chi connectivity index (χ2n) is 4.39. The first kappa shape index (κ1) is 17.7. The first-order valence-corrected chi connectivity index (χ1v) is 8.78. The molecule has 6 nitrogen and oxygen atoms in total. The van der Waals surface area contributed by atoms with E-state index < -0.39 is 15.9 Å². The van der Waals surface area contributed by atoms with Gasteiger partial charge in [0.2, 0.25) is 0 Å². The van der Waals surface area contributed by atoms with Gasteiger partial charge in [0.15, 0.2) is 9.84 Å². The quantitative estimate of drug-likeness (QED) is 0.526. The number of anilines is 1. The van der Waals surface area contributed by atoms with Crippen molar-refractivity contribution in [3.05, 3.63) is 29.8 Å². The standard InChI is InChI=1S/C13H19ClN2O4S/c14-5-8-21(18,19)9-7-20-6-4-11-2-1-3-12(10-11)16-13(15)17/h1-3,10H,4-9H2,(H3,15,16,17). The number of benzene rings is 1. The van der Waals surface area contributed by atoms with Crippen LogP contribution in [-0.4, -0.2) is 45.0 Å². The summed E-state index contributed by atoms with van der Waals surface area (Å²) in [5, 5.41) is 2.49. The Labute approximate surface area is 129 Å². The number of carbonyl (C=O) groups excluding carboxylic acids is 1. The second-order valence-corrected chi connectivity index (χ2v) is 7.07. The smallest absolute Gasteiger partial charge is 0.316 e. The van der Waals surface area contributed by atoms with Gasteiger partial charge in [-0.1, -0.05) is 12.1 Å². The summed E-state index contributed by atoms with van der Waals surface area (Å²) in [6, 6.07) is 6.59. The molecule has 0 aliphatic rings. The molecule has 3 N–H and O–H groups in total. The Morgan fingerprint density at radius 3 is 2.71 bits per heavy atom. The van der Waals surface area contributed by atoms with Crippen LogP contribution in [0.25, 0.3) is 0 Å². The van der Waals surface area contributed by atoms with E-state index in [9.17, 15) is 13.2 Å². The molecule has 1 aromatic carbocycles. The van der Waals surface area contributed by atoms with Crippen molar-refractivity contribution in [3.63, 3.8) is 0 Å². The van der Waals surface area contributed by atoms with Crippen molar-refractivity contribution < 1.29 is 17.9 Å². The van der Waals surface area contributed by atoms with E-state index in [1.807, 2.05) is 6.07 Å². The molecule has 0 spiro atoms. The third-order valence-electron chi connectivity index (χ3n) is 2.66. The van der Waals surface area contributed by atoms with E-state index in [0.717, 1.165) is 5.56 Å². The topological polar surface area (TPSA) is 98.5 Å². The molecule has 1 aromatic rings. The monoisotopic (exact) mass is 334 g/mol. The normalized spacial score (nSPS) is 11.3. The minimum Gasteiger partial charge on any atom is -0.380 e. The molecule has 1 rings (SSSR count). The molecule has 0 aromatic heterocycles. The Morgan fingerprint density at radius 1 is 1.29 bits per heavy atom. The summed E-state index contributed by atoms with van der Waals surface area (Å²) in [6.45, 7) is 0.550. The van der Waals surface area contributed by atoms with Crippen molar-refractivity contribution >= 4 is 33.2 Å². The van der Waals surface area contributed by atoms with Gasteiger partial charge < -0.3 is 15.8 Å². The fourth-order valence-corrected chi connectivity index (χ4v) is 3.16. The van der Waals surface area contributed by atoms with Crippen LogP contribution in [0.15, 0.2) is 24.3 Å². The summed E-state index contributed by atoms with van der Waals surface area (Å²) >= 11 is 5.40. The van der Waals surface area contributed by atoms with Crippen LogP contribution in [-0.2, 0) is 21.0 Å². The zero-order valence-corrected chi connectivity index (χ0v) is 13.1. The van der Waals surface area contributed by atoms with Crippen molar-refractivity contribution in [2.45, 2.75) is 6.42 Å². The van der Waals surface area contributed by atoms with Gasteiger partial charge in [-0.05, 0) is 24.1 Å². The zero-order chi connectivity index (χ0) is 15.7. The number of nitrogens with two attached hydrogens (primary N) is 1. The van der Waals surface area contributed by atoms with Crippen molar-refractivity contribution in [2.75, 3.05) is 35.9 Å². The van der Waals surface area contributed by atoms with Crippen LogP contribution in [0.3, 0.4) is 0 Å². The molecule has 0 fully saturated rings. The van der Waals surface area contributed by atoms with Crippen LogP contribution in [0.1, 0.15) is 5.56 Å². The van der Waals surface area contributed by atoms with Gasteiger partial charge in [-0.3, -0.25) is 0 Å². The maximum Gasteiger partial charge on any atom is 0.316 e. The van der Waals surface area contributed by atoms with Crippen molar-refractivity contribution in [3.8, 4) is 0 Å². The number of primary amides is 1. The van der Waals surface area contributed by atoms with Crippen LogP contribution in [0, 0.1) is 0 Å². The molecule has 0 unspecified atom stereocenters. The molecule has 0 aliphatic carbocycles. The third-order valence-corrected chi connectivity index (χ3v) is 4.68. The summed E-state index contributed by atoms with van der Waals surface area (Å²) < 4.78 is 28.1. The summed E-state index contributed by atoms with van der Waals surface area (Å²) in [5.74, 6) is 0.0454. The number of nitrogens with one attached hydrogen (secondary N) is 1. The molecule has 0 atom stereocenters. The van der Waals surface area contributed by atoms with E-state index in [4.69, 9.17) is 22.1 Å². The predicted molar refractivity (Wildman–Crippen MR) is 83.5 cm³/mol. The Bertz CT molecular complexity index is 563. The van der Waals surface area contributed by atoms with Gasteiger partial charge in [0.05, 0.1) is 24.7 Å². The first-order valence-electron chi connectivity index (χ1n) is 6.42. The van der Waals surface area contributed by atoms with Gasteiger partial charge in [0.25, 0.3) is 0 Å². The molecular formula is C13H19ClN2O4S. The molecule has 0 aliphatic heterocycles. The van der Waals surface area contributed by atoms with E-state index in [1.165, 1.54) is 0 Å². The Kier molecular flexibility index (Phi) is 7.49. The molecule has 21 heavy (non-hydrogen) atoms. The predicted octanol–water partition coefficient (Wildman–Crippen LogP) is 1.39. The number of hydrogen-bond donors (Lipinski definition) is 2. The Morgan fingerprint density at radius 2 is 2.05 bits per heavy atom. The first-order chi connectivity index (χ1) is 9.93. The van der Waals surface area contributed by atoms with Crippen LogP contribution in [0.4, 0.5) is 10.5 Å². The molecule has 118 valence electrons. The minimum absolute atomic E-state index is 0.0248. The van der Waals surface area contributed by atoms with Crippen molar-refractivity contribution in [1.29, 1.82) is 0 Å². The average molecular weight is 335 g/mol. The van der Waals surface area contributed by atoms with Crippen LogP contribution in [0.2, 0.25) is 0 Å². The number of urea groups is 1. The molecule has 0 bridgehead atoms. The average Bonchev–Trinajstić information content (AvgIpc) is 2.37. The summed E-state index contributed by atoms with van der Waals surface area (Å²) in [4.78, 5) is 10.7. The number of rotatable bonds is 9. The van der Waals surface area contributed by atoms with Crippen molar-refractivity contribution in [2.24, 2.45) is 5.73 Å². The van der Waals surface area contributed by atoms with Crippen LogP contribution >= 0.6 is 11.6 Å². The fourth-order valence-electron chi connectivity index (χ4n) is 1.64. The number of ether oxygens (including phenoxy) is 1. The van der Waals surface area contributed by atoms with Crippen LogP contribution in [0.5, 0.6) is 0 Å². The highest BCUT2D eigenvalue weighted by atomic mass is 35.5. The van der Waals surface area contributed by atoms with Gasteiger partial charge in [-0.25, -0.2) is 13.2 Å². The molecule has 8 heteroatoms. The number of alkyl halides is 1. The summed E-state index contributed by atoms with van der Waals surface area (Å²) in [7, 11) is -3.12. The highest BCUT2D eigenvalue weighted by molar-refractivity contribution is 7.91. The lowest BCUT2D eigenvalue weighted by atomic mass is 10.1. The van der Waals surface area contributed by atoms with Gasteiger partial charge in [-0.15, -0.1) is 11.6 Å². The van der Waals surface area contributed by atoms with E-state index in [1.54, 1.807) is 18.2 Å². The second kappa shape index (κ2) is 8.86. The highest BCUT2D eigenvalue weighted by Gasteiger charge is 2.09. The molecule has 0 radical (unpaired) electrons. The van der Waals surface area contributed by atoms with E-state index in [-0.39, 0.29) is 24.0 Å². The Balaban J connectivity index is 2.31. The lowest BCUT2D eigenvalue weighted by molar-refractivity contribution is 0.152. The number of sulfone groups is 1. The number of halogens is 1. The molecule has 0 saturated heterocycles. The Hall–Kier alpha value is -1.31. The van der Waals surface area contributed by atoms with Gasteiger partial charge in [0.1, 0.15) is 0 Å². The van der Waals surface area contributed by atoms with E-state index >= 15 is 0 Å². The van der Waals surface area contributed by atoms with Gasteiger partial charge in [0, 0.05) is 11.6 Å². The lowest BCUT2D eigenvalue weighted by Crippen LogP contribution is -2.19. The van der Waals surface area contributed by atoms with E-state index in [0.29, 0.717) is 18.7 Å². The summed E-state index contributed by atoms with van der Waals surface area (Å²) in [6.07, 6.45) is 0.615. The molecule has 2 amide bonds. The largest absolute Gasteiger partial charge is 0.380 e. The lowest BCUT2D eigenvalue weighted by Gasteiger charge is -2.07. The zero-order valence-electron chi connectivity index (χ0n) is 11.5. The molecule has 0 saturated carbocycles. The van der Waals surface area contributed by atoms with Gasteiger partial charge >= 0.3 is 6.03 Å². The molecular weight excluding hydrogens is 316 g/mol. The summed E-state index contributed by atoms with van der Waals surface area (Å²) in [5.41, 5.74) is 6.62. The number of hydrogen-bond acceptors (Lipinski definition) is 4. The number of carbonyl (C=O) groups is 1. The van der Waals surface area contributed by atoms with Crippen molar-refractivity contribution in [1.82, 2.24) is 0 Å². The van der Waals surface area contributed by atoms with Gasteiger partial charge in [-0.2, -0.15) is 0 Å².